The lowest BCUT2D eigenvalue weighted by Crippen LogP contribution is -2.35. The SMILES string of the molecule is O=[N+]([O-])c1ccccc1/C=C/CN1CCC(c2nnc3n2CCNC3)CC1. The van der Waals surface area contributed by atoms with Crippen molar-refractivity contribution < 1.29 is 4.92 Å². The van der Waals surface area contributed by atoms with Crippen molar-refractivity contribution in [2.24, 2.45) is 0 Å². The van der Waals surface area contributed by atoms with Crippen molar-refractivity contribution in [3.63, 3.8) is 0 Å². The number of nitrogens with one attached hydrogen (secondary N) is 1. The number of likely N-dealkylation sites (tertiary alicyclic amines) is 1. The highest BCUT2D eigenvalue weighted by Crippen LogP contribution is 2.28. The Bertz CT molecular complexity index is 838. The summed E-state index contributed by atoms with van der Waals surface area (Å²) in [7, 11) is 0. The molecule has 1 N–H and O–H groups in total. The molecule has 2 aliphatic rings. The molecule has 0 bridgehead atoms. The molecule has 4 rings (SSSR count). The number of nitrogens with zero attached hydrogens (tertiary/aromatic N) is 5. The van der Waals surface area contributed by atoms with Crippen LogP contribution in [0.25, 0.3) is 6.08 Å². The number of aromatic nitrogens is 3. The molecular weight excluding hydrogens is 344 g/mol. The minimum Gasteiger partial charge on any atom is -0.312 e. The molecule has 2 aliphatic heterocycles. The fraction of sp³-hybridized carbons (Fsp3) is 0.474. The van der Waals surface area contributed by atoms with Crippen LogP contribution in [0.3, 0.4) is 0 Å². The summed E-state index contributed by atoms with van der Waals surface area (Å²) in [5.74, 6) is 2.66. The number of nitro benzene ring substituents is 1. The second-order valence-corrected chi connectivity index (χ2v) is 7.10. The first kappa shape index (κ1) is 17.8. The minimum absolute atomic E-state index is 0.151. The van der Waals surface area contributed by atoms with Crippen LogP contribution in [0, 0.1) is 10.1 Å². The summed E-state index contributed by atoms with van der Waals surface area (Å²) in [6.07, 6.45) is 6.02. The molecule has 0 saturated carbocycles. The van der Waals surface area contributed by atoms with E-state index in [1.807, 2.05) is 18.2 Å². The number of hydrogen-bond donors (Lipinski definition) is 1. The molecule has 2 aromatic rings. The standard InChI is InChI=1S/C19H24N6O2/c26-25(27)17-6-2-1-4-15(17)5-3-10-23-11-7-16(8-12-23)19-22-21-18-14-20-9-13-24(18)19/h1-6,16,20H,7-14H2/b5-3+. The first-order chi connectivity index (χ1) is 13.2. The Hall–Kier alpha value is -2.58. The Morgan fingerprint density at radius 2 is 2.04 bits per heavy atom. The maximum absolute atomic E-state index is 11.1. The monoisotopic (exact) mass is 368 g/mol. The van der Waals surface area contributed by atoms with Gasteiger partial charge in [0.05, 0.1) is 17.0 Å². The van der Waals surface area contributed by atoms with Gasteiger partial charge in [0, 0.05) is 31.6 Å². The number of benzene rings is 1. The smallest absolute Gasteiger partial charge is 0.276 e. The van der Waals surface area contributed by atoms with Crippen LogP contribution in [-0.2, 0) is 13.1 Å². The van der Waals surface area contributed by atoms with Gasteiger partial charge in [0.2, 0.25) is 0 Å². The Morgan fingerprint density at radius 1 is 1.22 bits per heavy atom. The van der Waals surface area contributed by atoms with Crippen molar-refractivity contribution >= 4 is 11.8 Å². The molecule has 8 heteroatoms. The summed E-state index contributed by atoms with van der Waals surface area (Å²) < 4.78 is 2.28. The van der Waals surface area contributed by atoms with Crippen molar-refractivity contribution in [2.45, 2.75) is 31.8 Å². The summed E-state index contributed by atoms with van der Waals surface area (Å²) in [4.78, 5) is 13.1. The van der Waals surface area contributed by atoms with Crippen LogP contribution in [0.4, 0.5) is 5.69 Å². The lowest BCUT2D eigenvalue weighted by Gasteiger charge is -2.31. The first-order valence-corrected chi connectivity index (χ1v) is 9.47. The van der Waals surface area contributed by atoms with Gasteiger partial charge in [-0.1, -0.05) is 24.3 Å². The number of nitro groups is 1. The number of para-hydroxylation sites is 1. The van der Waals surface area contributed by atoms with Crippen LogP contribution >= 0.6 is 0 Å². The van der Waals surface area contributed by atoms with Crippen LogP contribution < -0.4 is 5.32 Å². The van der Waals surface area contributed by atoms with E-state index < -0.39 is 0 Å². The highest BCUT2D eigenvalue weighted by Gasteiger charge is 2.26. The van der Waals surface area contributed by atoms with E-state index in [-0.39, 0.29) is 10.6 Å². The molecule has 0 unspecified atom stereocenters. The third-order valence-electron chi connectivity index (χ3n) is 5.40. The van der Waals surface area contributed by atoms with Gasteiger partial charge in [-0.15, -0.1) is 10.2 Å². The van der Waals surface area contributed by atoms with E-state index in [4.69, 9.17) is 0 Å². The summed E-state index contributed by atoms with van der Waals surface area (Å²) in [6.45, 7) is 5.56. The fourth-order valence-electron chi connectivity index (χ4n) is 3.91. The van der Waals surface area contributed by atoms with E-state index >= 15 is 0 Å². The molecule has 0 atom stereocenters. The third-order valence-corrected chi connectivity index (χ3v) is 5.40. The van der Waals surface area contributed by atoms with E-state index in [0.29, 0.717) is 11.5 Å². The third kappa shape index (κ3) is 3.91. The fourth-order valence-corrected chi connectivity index (χ4v) is 3.91. The predicted octanol–water partition coefficient (Wildman–Crippen LogP) is 2.18. The highest BCUT2D eigenvalue weighted by molar-refractivity contribution is 5.60. The lowest BCUT2D eigenvalue weighted by molar-refractivity contribution is -0.385. The molecular formula is C19H24N6O2. The zero-order valence-corrected chi connectivity index (χ0v) is 15.3. The Kier molecular flexibility index (Phi) is 5.26. The largest absolute Gasteiger partial charge is 0.312 e. The first-order valence-electron chi connectivity index (χ1n) is 9.47. The average Bonchev–Trinajstić information content (AvgIpc) is 3.13. The van der Waals surface area contributed by atoms with Crippen molar-refractivity contribution in [3.05, 3.63) is 57.7 Å². The second-order valence-electron chi connectivity index (χ2n) is 7.10. The van der Waals surface area contributed by atoms with Gasteiger partial charge in [-0.3, -0.25) is 15.0 Å². The van der Waals surface area contributed by atoms with E-state index in [9.17, 15) is 10.1 Å². The normalized spacial score (nSPS) is 18.7. The minimum atomic E-state index is -0.333. The van der Waals surface area contributed by atoms with Crippen LogP contribution in [0.5, 0.6) is 0 Å². The average molecular weight is 368 g/mol. The molecule has 1 aromatic heterocycles. The van der Waals surface area contributed by atoms with E-state index in [1.165, 1.54) is 0 Å². The molecule has 1 saturated heterocycles. The van der Waals surface area contributed by atoms with Crippen LogP contribution in [0.2, 0.25) is 0 Å². The lowest BCUT2D eigenvalue weighted by atomic mass is 9.95. The van der Waals surface area contributed by atoms with Gasteiger partial charge in [0.1, 0.15) is 11.6 Å². The molecule has 8 nitrogen and oxygen atoms in total. The number of rotatable bonds is 5. The van der Waals surface area contributed by atoms with Crippen molar-refractivity contribution in [1.29, 1.82) is 0 Å². The molecule has 1 aromatic carbocycles. The van der Waals surface area contributed by atoms with Gasteiger partial charge in [0.25, 0.3) is 5.69 Å². The predicted molar refractivity (Wildman–Crippen MR) is 102 cm³/mol. The highest BCUT2D eigenvalue weighted by atomic mass is 16.6. The van der Waals surface area contributed by atoms with Crippen LogP contribution in [-0.4, -0.2) is 50.8 Å². The quantitative estimate of drug-likeness (QED) is 0.643. The zero-order chi connectivity index (χ0) is 18.6. The van der Waals surface area contributed by atoms with E-state index in [0.717, 1.165) is 63.8 Å². The number of fused-ring (bicyclic) bond motifs is 1. The number of hydrogen-bond acceptors (Lipinski definition) is 6. The second kappa shape index (κ2) is 7.98. The van der Waals surface area contributed by atoms with Crippen LogP contribution in [0.1, 0.15) is 36.0 Å². The summed E-state index contributed by atoms with van der Waals surface area (Å²) in [6, 6.07) is 6.84. The summed E-state index contributed by atoms with van der Waals surface area (Å²) >= 11 is 0. The van der Waals surface area contributed by atoms with Gasteiger partial charge in [-0.05, 0) is 32.0 Å². The van der Waals surface area contributed by atoms with Crippen molar-refractivity contribution in [2.75, 3.05) is 26.2 Å². The summed E-state index contributed by atoms with van der Waals surface area (Å²) in [5, 5.41) is 23.2. The van der Waals surface area contributed by atoms with Gasteiger partial charge in [0.15, 0.2) is 0 Å². The maximum atomic E-state index is 11.1. The number of piperidine rings is 1. The Balaban J connectivity index is 1.33. The zero-order valence-electron chi connectivity index (χ0n) is 15.3. The van der Waals surface area contributed by atoms with E-state index in [2.05, 4.69) is 25.0 Å². The summed E-state index contributed by atoms with van der Waals surface area (Å²) in [5.41, 5.74) is 0.805. The van der Waals surface area contributed by atoms with Crippen molar-refractivity contribution in [3.8, 4) is 0 Å². The molecule has 0 aliphatic carbocycles. The van der Waals surface area contributed by atoms with Crippen LogP contribution in [0.15, 0.2) is 30.3 Å². The van der Waals surface area contributed by atoms with E-state index in [1.54, 1.807) is 18.2 Å². The maximum Gasteiger partial charge on any atom is 0.276 e. The Morgan fingerprint density at radius 3 is 2.85 bits per heavy atom. The molecule has 3 heterocycles. The van der Waals surface area contributed by atoms with Gasteiger partial charge in [-0.25, -0.2) is 0 Å². The van der Waals surface area contributed by atoms with Gasteiger partial charge in [-0.2, -0.15) is 0 Å². The molecule has 1 fully saturated rings. The molecule has 0 radical (unpaired) electrons. The van der Waals surface area contributed by atoms with Crippen molar-refractivity contribution in [1.82, 2.24) is 25.0 Å². The van der Waals surface area contributed by atoms with Gasteiger partial charge < -0.3 is 9.88 Å². The molecule has 0 amide bonds. The Labute approximate surface area is 158 Å². The molecule has 0 spiro atoms. The topological polar surface area (TPSA) is 89.1 Å². The molecule has 27 heavy (non-hydrogen) atoms. The molecule has 142 valence electrons. The van der Waals surface area contributed by atoms with Gasteiger partial charge >= 0.3 is 0 Å².